The Labute approximate surface area is 92.0 Å². The van der Waals surface area contributed by atoms with Gasteiger partial charge < -0.3 is 20.9 Å². The molecule has 1 atom stereocenters. The van der Waals surface area contributed by atoms with Crippen LogP contribution in [0.2, 0.25) is 0 Å². The van der Waals surface area contributed by atoms with Gasteiger partial charge >= 0.3 is 0 Å². The second-order valence-electron chi connectivity index (χ2n) is 3.66. The van der Waals surface area contributed by atoms with Crippen LogP contribution in [0.5, 0.6) is 0 Å². The number of hydrogen-bond donors (Lipinski definition) is 3. The number of carbonyl (C=O) groups is 2. The first-order chi connectivity index (χ1) is 7.70. The molecule has 1 aliphatic rings. The summed E-state index contributed by atoms with van der Waals surface area (Å²) in [5.74, 6) is 0.784. The molecule has 0 bridgehead atoms. The van der Waals surface area contributed by atoms with E-state index in [1.54, 1.807) is 6.20 Å². The summed E-state index contributed by atoms with van der Waals surface area (Å²) >= 11 is 0. The number of rotatable bonds is 4. The van der Waals surface area contributed by atoms with Crippen molar-refractivity contribution >= 4 is 24.1 Å². The zero-order chi connectivity index (χ0) is 11.5. The molecular weight excluding hydrogens is 210 g/mol. The van der Waals surface area contributed by atoms with Gasteiger partial charge in [-0.05, 0) is 6.42 Å². The SMILES string of the molecule is NC(=O)CC1CCNc2nc(NC=O)cn21. The van der Waals surface area contributed by atoms with Crippen LogP contribution in [0.3, 0.4) is 0 Å². The quantitative estimate of drug-likeness (QED) is 0.609. The summed E-state index contributed by atoms with van der Waals surface area (Å²) in [6.45, 7) is 0.746. The van der Waals surface area contributed by atoms with Crippen molar-refractivity contribution in [2.45, 2.75) is 18.9 Å². The van der Waals surface area contributed by atoms with E-state index in [1.165, 1.54) is 0 Å². The molecule has 0 aromatic carbocycles. The summed E-state index contributed by atoms with van der Waals surface area (Å²) < 4.78 is 1.83. The van der Waals surface area contributed by atoms with Crippen LogP contribution in [0.25, 0.3) is 0 Å². The summed E-state index contributed by atoms with van der Waals surface area (Å²) in [7, 11) is 0. The standard InChI is InChI=1S/C9H13N5O2/c10-7(16)3-6-1-2-11-9-13-8(12-5-15)4-14(6)9/h4-6H,1-3H2,(H2,10,16)(H,11,13)(H,12,15). The minimum Gasteiger partial charge on any atom is -0.370 e. The number of carbonyl (C=O) groups excluding carboxylic acids is 2. The van der Waals surface area contributed by atoms with Gasteiger partial charge in [0.1, 0.15) is 0 Å². The molecule has 7 heteroatoms. The first-order valence-corrected chi connectivity index (χ1v) is 5.02. The maximum absolute atomic E-state index is 10.9. The van der Waals surface area contributed by atoms with Crippen LogP contribution in [0, 0.1) is 0 Å². The average Bonchev–Trinajstić information content (AvgIpc) is 2.61. The summed E-state index contributed by atoms with van der Waals surface area (Å²) in [5.41, 5.74) is 5.18. The number of imidazole rings is 1. The van der Waals surface area contributed by atoms with Crippen molar-refractivity contribution in [1.29, 1.82) is 0 Å². The van der Waals surface area contributed by atoms with Crippen molar-refractivity contribution in [2.75, 3.05) is 17.2 Å². The van der Waals surface area contributed by atoms with Crippen molar-refractivity contribution in [3.63, 3.8) is 0 Å². The predicted octanol–water partition coefficient (Wildman–Crippen LogP) is -0.317. The van der Waals surface area contributed by atoms with E-state index in [1.807, 2.05) is 4.57 Å². The van der Waals surface area contributed by atoms with E-state index in [9.17, 15) is 9.59 Å². The molecule has 7 nitrogen and oxygen atoms in total. The zero-order valence-corrected chi connectivity index (χ0v) is 8.64. The molecule has 0 spiro atoms. The fraction of sp³-hybridized carbons (Fsp3) is 0.444. The van der Waals surface area contributed by atoms with E-state index in [2.05, 4.69) is 15.6 Å². The van der Waals surface area contributed by atoms with Crippen LogP contribution in [-0.4, -0.2) is 28.4 Å². The van der Waals surface area contributed by atoms with E-state index in [0.717, 1.165) is 13.0 Å². The molecule has 1 aliphatic heterocycles. The summed E-state index contributed by atoms with van der Waals surface area (Å²) in [5, 5.41) is 5.56. The number of nitrogens with zero attached hydrogens (tertiary/aromatic N) is 2. The first-order valence-electron chi connectivity index (χ1n) is 5.02. The number of nitrogens with two attached hydrogens (primary N) is 1. The average molecular weight is 223 g/mol. The molecule has 1 unspecified atom stereocenters. The zero-order valence-electron chi connectivity index (χ0n) is 8.64. The number of hydrogen-bond acceptors (Lipinski definition) is 4. The molecule has 4 N–H and O–H groups in total. The third-order valence-corrected chi connectivity index (χ3v) is 2.53. The fourth-order valence-electron chi connectivity index (χ4n) is 1.85. The summed E-state index contributed by atoms with van der Waals surface area (Å²) in [6, 6.07) is 0.0171. The van der Waals surface area contributed by atoms with Crippen LogP contribution < -0.4 is 16.4 Å². The lowest BCUT2D eigenvalue weighted by Gasteiger charge is -2.24. The molecule has 1 aromatic heterocycles. The van der Waals surface area contributed by atoms with Gasteiger partial charge in [-0.15, -0.1) is 0 Å². The number of aromatic nitrogens is 2. The lowest BCUT2D eigenvalue weighted by Crippen LogP contribution is -2.26. The largest absolute Gasteiger partial charge is 0.370 e. The molecule has 0 radical (unpaired) electrons. The molecule has 0 saturated carbocycles. The van der Waals surface area contributed by atoms with Gasteiger partial charge in [0.05, 0.1) is 6.20 Å². The molecule has 1 aromatic rings. The lowest BCUT2D eigenvalue weighted by molar-refractivity contribution is -0.118. The molecular formula is C9H13N5O2. The first kappa shape index (κ1) is 10.5. The molecule has 86 valence electrons. The van der Waals surface area contributed by atoms with Gasteiger partial charge in [0, 0.05) is 19.0 Å². The topological polar surface area (TPSA) is 102 Å². The smallest absolute Gasteiger partial charge is 0.219 e. The van der Waals surface area contributed by atoms with Gasteiger partial charge in [-0.2, -0.15) is 4.98 Å². The Hall–Kier alpha value is -2.05. The maximum atomic E-state index is 10.9. The van der Waals surface area contributed by atoms with Gasteiger partial charge in [0.15, 0.2) is 5.82 Å². The second kappa shape index (κ2) is 4.21. The van der Waals surface area contributed by atoms with Crippen LogP contribution >= 0.6 is 0 Å². The van der Waals surface area contributed by atoms with E-state index in [0.29, 0.717) is 18.2 Å². The van der Waals surface area contributed by atoms with Crippen LogP contribution in [0.4, 0.5) is 11.8 Å². The molecule has 2 amide bonds. The lowest BCUT2D eigenvalue weighted by atomic mass is 10.1. The van der Waals surface area contributed by atoms with Gasteiger partial charge in [-0.25, -0.2) is 0 Å². The number of anilines is 2. The summed E-state index contributed by atoms with van der Waals surface area (Å²) in [6.07, 6.45) is 3.36. The molecule has 0 fully saturated rings. The van der Waals surface area contributed by atoms with E-state index >= 15 is 0 Å². The predicted molar refractivity (Wildman–Crippen MR) is 57.9 cm³/mol. The summed E-state index contributed by atoms with van der Waals surface area (Å²) in [4.78, 5) is 25.4. The monoisotopic (exact) mass is 223 g/mol. The van der Waals surface area contributed by atoms with Crippen LogP contribution in [0.1, 0.15) is 18.9 Å². The fourth-order valence-corrected chi connectivity index (χ4v) is 1.85. The van der Waals surface area contributed by atoms with Crippen molar-refractivity contribution in [1.82, 2.24) is 9.55 Å². The van der Waals surface area contributed by atoms with Gasteiger partial charge in [0.2, 0.25) is 18.3 Å². The van der Waals surface area contributed by atoms with Crippen LogP contribution in [0.15, 0.2) is 6.20 Å². The van der Waals surface area contributed by atoms with Crippen molar-refractivity contribution in [3.8, 4) is 0 Å². The highest BCUT2D eigenvalue weighted by molar-refractivity contribution is 5.74. The Kier molecular flexibility index (Phi) is 2.76. The molecule has 0 aliphatic carbocycles. The highest BCUT2D eigenvalue weighted by Crippen LogP contribution is 2.27. The Balaban J connectivity index is 2.23. The maximum Gasteiger partial charge on any atom is 0.219 e. The van der Waals surface area contributed by atoms with Crippen LogP contribution in [-0.2, 0) is 9.59 Å². The van der Waals surface area contributed by atoms with Crippen molar-refractivity contribution in [2.24, 2.45) is 5.73 Å². The van der Waals surface area contributed by atoms with E-state index in [-0.39, 0.29) is 18.4 Å². The minimum atomic E-state index is -0.337. The van der Waals surface area contributed by atoms with Gasteiger partial charge in [-0.1, -0.05) is 0 Å². The molecule has 0 saturated heterocycles. The third kappa shape index (κ3) is 1.97. The highest BCUT2D eigenvalue weighted by Gasteiger charge is 2.22. The number of primary amides is 1. The Morgan fingerprint density at radius 3 is 3.31 bits per heavy atom. The second-order valence-corrected chi connectivity index (χ2v) is 3.66. The number of amides is 2. The van der Waals surface area contributed by atoms with E-state index in [4.69, 9.17) is 5.73 Å². The number of nitrogens with one attached hydrogen (secondary N) is 2. The Morgan fingerprint density at radius 2 is 2.62 bits per heavy atom. The van der Waals surface area contributed by atoms with E-state index < -0.39 is 0 Å². The highest BCUT2D eigenvalue weighted by atomic mass is 16.1. The normalized spacial score (nSPS) is 18.4. The number of fused-ring (bicyclic) bond motifs is 1. The van der Waals surface area contributed by atoms with Crippen molar-refractivity contribution < 1.29 is 9.59 Å². The molecule has 2 rings (SSSR count). The minimum absolute atomic E-state index is 0.0171. The molecule has 2 heterocycles. The van der Waals surface area contributed by atoms with Gasteiger partial charge in [0.25, 0.3) is 0 Å². The van der Waals surface area contributed by atoms with Crippen molar-refractivity contribution in [3.05, 3.63) is 6.20 Å². The third-order valence-electron chi connectivity index (χ3n) is 2.53. The molecule has 16 heavy (non-hydrogen) atoms. The Bertz CT molecular complexity index is 414. The van der Waals surface area contributed by atoms with Gasteiger partial charge in [-0.3, -0.25) is 9.59 Å². The Morgan fingerprint density at radius 1 is 1.81 bits per heavy atom.